The van der Waals surface area contributed by atoms with Crippen molar-refractivity contribution in [2.24, 2.45) is 5.92 Å². The molecule has 1 aromatic heterocycles. The summed E-state index contributed by atoms with van der Waals surface area (Å²) in [4.78, 5) is 10.8. The van der Waals surface area contributed by atoms with Crippen LogP contribution in [0, 0.1) is 23.0 Å². The number of hydrogen-bond acceptors (Lipinski definition) is 5. The van der Waals surface area contributed by atoms with Crippen molar-refractivity contribution in [2.45, 2.75) is 52.2 Å². The number of anilines is 1. The molecule has 2 unspecified atom stereocenters. The number of nitrogens with one attached hydrogen (secondary N) is 1. The van der Waals surface area contributed by atoms with Gasteiger partial charge in [-0.3, -0.25) is 10.1 Å². The van der Waals surface area contributed by atoms with Gasteiger partial charge < -0.3 is 10.4 Å². The van der Waals surface area contributed by atoms with Crippen LogP contribution in [-0.2, 0) is 0 Å². The van der Waals surface area contributed by atoms with Crippen molar-refractivity contribution in [3.05, 3.63) is 15.8 Å². The molecule has 2 atom stereocenters. The third-order valence-corrected chi connectivity index (χ3v) is 3.80. The fourth-order valence-corrected chi connectivity index (χ4v) is 2.77. The zero-order chi connectivity index (χ0) is 14.9. The van der Waals surface area contributed by atoms with Crippen LogP contribution < -0.4 is 5.32 Å². The number of hydrogen-bond donors (Lipinski definition) is 2. The van der Waals surface area contributed by atoms with E-state index in [0.717, 1.165) is 19.3 Å². The molecule has 1 saturated carbocycles. The van der Waals surface area contributed by atoms with Gasteiger partial charge in [0.25, 0.3) is 0 Å². The maximum atomic E-state index is 11.2. The molecule has 2 N–H and O–H groups in total. The molecule has 0 spiro atoms. The van der Waals surface area contributed by atoms with Gasteiger partial charge >= 0.3 is 5.69 Å². The minimum atomic E-state index is -0.382. The molecule has 0 bridgehead atoms. The van der Waals surface area contributed by atoms with E-state index in [9.17, 15) is 15.2 Å². The lowest BCUT2D eigenvalue weighted by Crippen LogP contribution is -2.17. The standard InChI is InChI=1S/C13H22N4O3/c1-8(2)16-13(12(17(19)20)9(3)15-16)14-7-10-4-5-11(18)6-10/h8,10-11,14,18H,4-7H2,1-3H3. The average molecular weight is 282 g/mol. The summed E-state index contributed by atoms with van der Waals surface area (Å²) in [7, 11) is 0. The zero-order valence-electron chi connectivity index (χ0n) is 12.2. The number of nitrogens with zero attached hydrogens (tertiary/aromatic N) is 3. The first-order valence-electron chi connectivity index (χ1n) is 7.05. The molecule has 0 amide bonds. The first kappa shape index (κ1) is 14.8. The Labute approximate surface area is 118 Å². The average Bonchev–Trinajstić information content (AvgIpc) is 2.90. The topological polar surface area (TPSA) is 93.2 Å². The minimum absolute atomic E-state index is 0.0530. The zero-order valence-corrected chi connectivity index (χ0v) is 12.2. The summed E-state index contributed by atoms with van der Waals surface area (Å²) in [5, 5.41) is 28.2. The predicted octanol–water partition coefficient (Wildman–Crippen LogP) is 2.25. The van der Waals surface area contributed by atoms with Gasteiger partial charge in [-0.25, -0.2) is 4.68 Å². The number of aryl methyl sites for hydroxylation is 1. The number of aliphatic hydroxyl groups excluding tert-OH is 1. The lowest BCUT2D eigenvalue weighted by atomic mass is 10.1. The molecule has 1 heterocycles. The van der Waals surface area contributed by atoms with E-state index in [1.54, 1.807) is 11.6 Å². The third-order valence-electron chi connectivity index (χ3n) is 3.80. The maximum Gasteiger partial charge on any atom is 0.333 e. The van der Waals surface area contributed by atoms with Crippen LogP contribution in [0.1, 0.15) is 44.8 Å². The maximum absolute atomic E-state index is 11.2. The molecule has 20 heavy (non-hydrogen) atoms. The van der Waals surface area contributed by atoms with Crippen LogP contribution in [0.4, 0.5) is 11.5 Å². The first-order valence-corrected chi connectivity index (χ1v) is 7.05. The van der Waals surface area contributed by atoms with E-state index in [2.05, 4.69) is 10.4 Å². The molecule has 1 aliphatic carbocycles. The lowest BCUT2D eigenvalue weighted by molar-refractivity contribution is -0.384. The molecule has 112 valence electrons. The molecule has 0 aromatic carbocycles. The molecule has 7 heteroatoms. The van der Waals surface area contributed by atoms with Crippen molar-refractivity contribution in [3.8, 4) is 0 Å². The van der Waals surface area contributed by atoms with E-state index in [4.69, 9.17) is 0 Å². The van der Waals surface area contributed by atoms with Crippen molar-refractivity contribution >= 4 is 11.5 Å². The molecular weight excluding hydrogens is 260 g/mol. The summed E-state index contributed by atoms with van der Waals surface area (Å²) in [6.45, 7) is 6.18. The van der Waals surface area contributed by atoms with Gasteiger partial charge in [0.05, 0.1) is 11.0 Å². The molecule has 1 aromatic rings. The van der Waals surface area contributed by atoms with Crippen molar-refractivity contribution < 1.29 is 10.0 Å². The van der Waals surface area contributed by atoms with Gasteiger partial charge in [-0.05, 0) is 46.0 Å². The quantitative estimate of drug-likeness (QED) is 0.638. The van der Waals surface area contributed by atoms with Gasteiger partial charge in [0.1, 0.15) is 5.69 Å². The molecule has 0 radical (unpaired) electrons. The summed E-state index contributed by atoms with van der Waals surface area (Å²) in [5.41, 5.74) is 0.481. The molecule has 7 nitrogen and oxygen atoms in total. The monoisotopic (exact) mass is 282 g/mol. The minimum Gasteiger partial charge on any atom is -0.393 e. The number of aliphatic hydroxyl groups is 1. The van der Waals surface area contributed by atoms with Gasteiger partial charge in [0.15, 0.2) is 0 Å². The highest BCUT2D eigenvalue weighted by atomic mass is 16.6. The Morgan fingerprint density at radius 1 is 1.55 bits per heavy atom. The second-order valence-corrected chi connectivity index (χ2v) is 5.79. The van der Waals surface area contributed by atoms with Gasteiger partial charge in [-0.1, -0.05) is 0 Å². The Balaban J connectivity index is 2.18. The number of aromatic nitrogens is 2. The van der Waals surface area contributed by atoms with Crippen molar-refractivity contribution in [1.82, 2.24) is 9.78 Å². The fraction of sp³-hybridized carbons (Fsp3) is 0.769. The molecule has 0 saturated heterocycles. The van der Waals surface area contributed by atoms with Crippen LogP contribution in [-0.4, -0.2) is 32.5 Å². The lowest BCUT2D eigenvalue weighted by Gasteiger charge is -2.14. The molecule has 2 rings (SSSR count). The van der Waals surface area contributed by atoms with Gasteiger partial charge in [-0.2, -0.15) is 5.10 Å². The summed E-state index contributed by atoms with van der Waals surface area (Å²) in [6.07, 6.45) is 2.30. The Morgan fingerprint density at radius 3 is 2.75 bits per heavy atom. The van der Waals surface area contributed by atoms with E-state index in [0.29, 0.717) is 24.0 Å². The summed E-state index contributed by atoms with van der Waals surface area (Å²) >= 11 is 0. The highest BCUT2D eigenvalue weighted by Crippen LogP contribution is 2.32. The van der Waals surface area contributed by atoms with Crippen LogP contribution in [0.5, 0.6) is 0 Å². The second kappa shape index (κ2) is 5.78. The summed E-state index contributed by atoms with van der Waals surface area (Å²) in [5.74, 6) is 0.837. The van der Waals surface area contributed by atoms with Crippen LogP contribution in [0.2, 0.25) is 0 Å². The number of rotatable bonds is 5. The first-order chi connectivity index (χ1) is 9.40. The van der Waals surface area contributed by atoms with Gasteiger partial charge in [0, 0.05) is 12.6 Å². The number of nitro groups is 1. The van der Waals surface area contributed by atoms with E-state index in [1.807, 2.05) is 13.8 Å². The van der Waals surface area contributed by atoms with Crippen LogP contribution in [0.3, 0.4) is 0 Å². The van der Waals surface area contributed by atoms with Crippen molar-refractivity contribution in [3.63, 3.8) is 0 Å². The normalized spacial score (nSPS) is 22.4. The van der Waals surface area contributed by atoms with E-state index in [-0.39, 0.29) is 22.8 Å². The van der Waals surface area contributed by atoms with Crippen LogP contribution in [0.25, 0.3) is 0 Å². The highest BCUT2D eigenvalue weighted by molar-refractivity contribution is 5.59. The molecule has 0 aliphatic heterocycles. The van der Waals surface area contributed by atoms with Crippen molar-refractivity contribution in [2.75, 3.05) is 11.9 Å². The second-order valence-electron chi connectivity index (χ2n) is 5.79. The van der Waals surface area contributed by atoms with Gasteiger partial charge in [-0.15, -0.1) is 0 Å². The van der Waals surface area contributed by atoms with E-state index >= 15 is 0 Å². The molecular formula is C13H22N4O3. The SMILES string of the molecule is Cc1nn(C(C)C)c(NCC2CCC(O)C2)c1[N+](=O)[O-]. The summed E-state index contributed by atoms with van der Waals surface area (Å²) < 4.78 is 1.67. The predicted molar refractivity (Wildman–Crippen MR) is 75.8 cm³/mol. The van der Waals surface area contributed by atoms with Gasteiger partial charge in [0.2, 0.25) is 5.82 Å². The molecule has 1 fully saturated rings. The third kappa shape index (κ3) is 2.92. The van der Waals surface area contributed by atoms with Crippen LogP contribution in [0.15, 0.2) is 0 Å². The van der Waals surface area contributed by atoms with Crippen LogP contribution >= 0.6 is 0 Å². The van der Waals surface area contributed by atoms with E-state index in [1.165, 1.54) is 0 Å². The Morgan fingerprint density at radius 2 is 2.25 bits per heavy atom. The molecule has 1 aliphatic rings. The summed E-state index contributed by atoms with van der Waals surface area (Å²) in [6, 6.07) is 0.0547. The smallest absolute Gasteiger partial charge is 0.333 e. The van der Waals surface area contributed by atoms with Crippen molar-refractivity contribution in [1.29, 1.82) is 0 Å². The van der Waals surface area contributed by atoms with E-state index < -0.39 is 0 Å². The Bertz CT molecular complexity index is 498. The largest absolute Gasteiger partial charge is 0.393 e. The highest BCUT2D eigenvalue weighted by Gasteiger charge is 2.28. The Kier molecular flexibility index (Phi) is 4.27. The Hall–Kier alpha value is -1.63. The fourth-order valence-electron chi connectivity index (χ4n) is 2.77.